The quantitative estimate of drug-likeness (QED) is 0.474. The molecule has 3 rings (SSSR count). The van der Waals surface area contributed by atoms with Gasteiger partial charge in [0.1, 0.15) is 4.32 Å². The molecule has 0 saturated carbocycles. The topological polar surface area (TPSA) is 51.2 Å². The maximum atomic E-state index is 12.8. The molecule has 2 saturated heterocycles. The van der Waals surface area contributed by atoms with Crippen molar-refractivity contribution in [3.8, 4) is 11.5 Å². The summed E-state index contributed by atoms with van der Waals surface area (Å²) in [6.45, 7) is 6.97. The van der Waals surface area contributed by atoms with Crippen LogP contribution >= 0.6 is 35.6 Å². The predicted octanol–water partition coefficient (Wildman–Crippen LogP) is 3.28. The lowest BCUT2D eigenvalue weighted by Crippen LogP contribution is -2.42. The van der Waals surface area contributed by atoms with E-state index in [1.54, 1.807) is 24.2 Å². The zero-order chi connectivity index (χ0) is 20.1. The number of nitrogens with zero attached hydrogens (tertiary/aromatic N) is 2. The number of ether oxygens (including phenoxy) is 3. The number of hydrogen-bond donors (Lipinski definition) is 0. The first-order valence-corrected chi connectivity index (χ1v) is 10.7. The number of thiocarbonyl (C=S) groups is 1. The summed E-state index contributed by atoms with van der Waals surface area (Å²) in [6, 6.07) is 3.57. The summed E-state index contributed by atoms with van der Waals surface area (Å²) in [5.41, 5.74) is 0.767. The Hall–Kier alpha value is -1.32. The number of thioether (sulfide) groups is 1. The molecule has 0 aliphatic carbocycles. The summed E-state index contributed by atoms with van der Waals surface area (Å²) in [7, 11) is 1.54. The van der Waals surface area contributed by atoms with Crippen LogP contribution in [0.2, 0.25) is 5.02 Å². The van der Waals surface area contributed by atoms with Gasteiger partial charge in [-0.1, -0.05) is 35.6 Å². The monoisotopic (exact) mass is 442 g/mol. The molecule has 1 aromatic carbocycles. The first kappa shape index (κ1) is 21.4. The molecule has 0 bridgehead atoms. The summed E-state index contributed by atoms with van der Waals surface area (Å²) >= 11 is 13.0. The van der Waals surface area contributed by atoms with E-state index in [4.69, 9.17) is 38.0 Å². The lowest BCUT2D eigenvalue weighted by Gasteiger charge is -2.28. The third-order valence-electron chi connectivity index (χ3n) is 4.45. The van der Waals surface area contributed by atoms with Gasteiger partial charge in [0.15, 0.2) is 11.5 Å². The maximum Gasteiger partial charge on any atom is 0.266 e. The zero-order valence-electron chi connectivity index (χ0n) is 15.9. The van der Waals surface area contributed by atoms with Gasteiger partial charge in [0.25, 0.3) is 5.91 Å². The van der Waals surface area contributed by atoms with Crippen molar-refractivity contribution in [3.05, 3.63) is 27.6 Å². The minimum absolute atomic E-state index is 0.0758. The highest BCUT2D eigenvalue weighted by Crippen LogP contribution is 2.38. The Kier molecular flexibility index (Phi) is 7.59. The van der Waals surface area contributed by atoms with E-state index in [0.29, 0.717) is 38.9 Å². The molecule has 2 fully saturated rings. The van der Waals surface area contributed by atoms with Gasteiger partial charge in [0.2, 0.25) is 0 Å². The Morgan fingerprint density at radius 2 is 2.07 bits per heavy atom. The first-order chi connectivity index (χ1) is 13.5. The van der Waals surface area contributed by atoms with Crippen LogP contribution in [-0.2, 0) is 9.53 Å². The molecule has 0 atom stereocenters. The number of carbonyl (C=O) groups is 1. The molecule has 1 aromatic rings. The Bertz CT molecular complexity index is 781. The molecular weight excluding hydrogens is 420 g/mol. The Labute approximate surface area is 179 Å². The average molecular weight is 443 g/mol. The fourth-order valence-corrected chi connectivity index (χ4v) is 4.65. The minimum Gasteiger partial charge on any atom is -0.491 e. The normalized spacial score (nSPS) is 19.5. The highest BCUT2D eigenvalue weighted by molar-refractivity contribution is 8.26. The summed E-state index contributed by atoms with van der Waals surface area (Å²) in [4.78, 5) is 17.4. The number of rotatable bonds is 7. The Balaban J connectivity index is 1.73. The van der Waals surface area contributed by atoms with Crippen molar-refractivity contribution in [2.45, 2.75) is 6.92 Å². The number of amides is 1. The average Bonchev–Trinajstić information content (AvgIpc) is 2.94. The van der Waals surface area contributed by atoms with Gasteiger partial charge in [-0.2, -0.15) is 0 Å². The summed E-state index contributed by atoms with van der Waals surface area (Å²) in [5.74, 6) is 0.957. The van der Waals surface area contributed by atoms with Crippen molar-refractivity contribution in [3.63, 3.8) is 0 Å². The first-order valence-electron chi connectivity index (χ1n) is 9.09. The van der Waals surface area contributed by atoms with Gasteiger partial charge in [0, 0.05) is 26.2 Å². The number of carbonyl (C=O) groups excluding carboxylic acids is 1. The Morgan fingerprint density at radius 1 is 1.32 bits per heavy atom. The molecule has 6 nitrogen and oxygen atoms in total. The maximum absolute atomic E-state index is 12.8. The van der Waals surface area contributed by atoms with Crippen LogP contribution < -0.4 is 9.47 Å². The summed E-state index contributed by atoms with van der Waals surface area (Å²) < 4.78 is 16.8. The van der Waals surface area contributed by atoms with E-state index in [0.717, 1.165) is 38.4 Å². The second-order valence-corrected chi connectivity index (χ2v) is 8.34. The number of methoxy groups -OCH3 is 1. The number of hydrogen-bond acceptors (Lipinski definition) is 7. The third-order valence-corrected chi connectivity index (χ3v) is 6.11. The van der Waals surface area contributed by atoms with Crippen LogP contribution in [0.5, 0.6) is 11.5 Å². The van der Waals surface area contributed by atoms with E-state index >= 15 is 0 Å². The van der Waals surface area contributed by atoms with E-state index in [9.17, 15) is 4.79 Å². The van der Waals surface area contributed by atoms with Crippen LogP contribution in [0.4, 0.5) is 0 Å². The molecule has 9 heteroatoms. The largest absolute Gasteiger partial charge is 0.491 e. The van der Waals surface area contributed by atoms with Crippen molar-refractivity contribution in [2.75, 3.05) is 53.1 Å². The molecule has 0 unspecified atom stereocenters. The van der Waals surface area contributed by atoms with Crippen molar-refractivity contribution in [1.82, 2.24) is 9.80 Å². The molecule has 28 heavy (non-hydrogen) atoms. The number of benzene rings is 1. The number of halogens is 1. The SMILES string of the molecule is CCOc1cc(C=C2SC(=S)N(CCN3CCOCC3)C2=O)cc(Cl)c1OC. The molecule has 1 amide bonds. The molecule has 0 radical (unpaired) electrons. The zero-order valence-corrected chi connectivity index (χ0v) is 18.3. The molecule has 0 aromatic heterocycles. The predicted molar refractivity (Wildman–Crippen MR) is 116 cm³/mol. The molecular formula is C19H23ClN2O4S2. The van der Waals surface area contributed by atoms with Crippen molar-refractivity contribution >= 4 is 51.9 Å². The summed E-state index contributed by atoms with van der Waals surface area (Å²) in [6.07, 6.45) is 1.79. The fourth-order valence-electron chi connectivity index (χ4n) is 3.04. The van der Waals surface area contributed by atoms with Crippen LogP contribution in [0.3, 0.4) is 0 Å². The second-order valence-electron chi connectivity index (χ2n) is 6.25. The third kappa shape index (κ3) is 4.99. The Morgan fingerprint density at radius 3 is 2.75 bits per heavy atom. The van der Waals surface area contributed by atoms with Gasteiger partial charge in [-0.25, -0.2) is 0 Å². The van der Waals surface area contributed by atoms with Gasteiger partial charge >= 0.3 is 0 Å². The molecule has 2 heterocycles. The highest BCUT2D eigenvalue weighted by atomic mass is 35.5. The highest BCUT2D eigenvalue weighted by Gasteiger charge is 2.32. The molecule has 2 aliphatic heterocycles. The van der Waals surface area contributed by atoms with E-state index in [-0.39, 0.29) is 5.91 Å². The summed E-state index contributed by atoms with van der Waals surface area (Å²) in [5, 5.41) is 0.433. The lowest BCUT2D eigenvalue weighted by molar-refractivity contribution is -0.122. The number of morpholine rings is 1. The van der Waals surface area contributed by atoms with Crippen LogP contribution in [0, 0.1) is 0 Å². The van der Waals surface area contributed by atoms with Crippen LogP contribution in [0.1, 0.15) is 12.5 Å². The smallest absolute Gasteiger partial charge is 0.266 e. The van der Waals surface area contributed by atoms with E-state index in [1.165, 1.54) is 11.8 Å². The van der Waals surface area contributed by atoms with E-state index in [1.807, 2.05) is 13.0 Å². The second kappa shape index (κ2) is 9.93. The van der Waals surface area contributed by atoms with Gasteiger partial charge in [-0.3, -0.25) is 14.6 Å². The lowest BCUT2D eigenvalue weighted by atomic mass is 10.1. The molecule has 152 valence electrons. The van der Waals surface area contributed by atoms with Crippen molar-refractivity contribution in [1.29, 1.82) is 0 Å². The van der Waals surface area contributed by atoms with Crippen LogP contribution in [0.25, 0.3) is 6.08 Å². The van der Waals surface area contributed by atoms with Crippen molar-refractivity contribution < 1.29 is 19.0 Å². The van der Waals surface area contributed by atoms with Crippen LogP contribution in [0.15, 0.2) is 17.0 Å². The van der Waals surface area contributed by atoms with Gasteiger partial charge in [0.05, 0.1) is 36.9 Å². The molecule has 0 N–H and O–H groups in total. The molecule has 2 aliphatic rings. The minimum atomic E-state index is -0.0758. The van der Waals surface area contributed by atoms with E-state index in [2.05, 4.69) is 4.90 Å². The van der Waals surface area contributed by atoms with E-state index < -0.39 is 0 Å². The van der Waals surface area contributed by atoms with Crippen LogP contribution in [-0.4, -0.2) is 73.1 Å². The standard InChI is InChI=1S/C19H23ClN2O4S2/c1-3-26-15-11-13(10-14(20)17(15)24-2)12-16-18(23)22(19(27)28-16)5-4-21-6-8-25-9-7-21/h10-12H,3-9H2,1-2H3. The van der Waals surface area contributed by atoms with Gasteiger partial charge in [-0.15, -0.1) is 0 Å². The molecule has 0 spiro atoms. The fraction of sp³-hybridized carbons (Fsp3) is 0.474. The van der Waals surface area contributed by atoms with Gasteiger partial charge < -0.3 is 14.2 Å². The van der Waals surface area contributed by atoms with Crippen molar-refractivity contribution in [2.24, 2.45) is 0 Å². The van der Waals surface area contributed by atoms with Gasteiger partial charge in [-0.05, 0) is 30.7 Å².